The van der Waals surface area contributed by atoms with Crippen LogP contribution in [-0.4, -0.2) is 45.3 Å². The fraction of sp³-hybridized carbons (Fsp3) is 0.176. The molecule has 7 nitrogen and oxygen atoms in total. The summed E-state index contributed by atoms with van der Waals surface area (Å²) in [5.74, 6) is -0.421. The normalized spacial score (nSPS) is 13.8. The van der Waals surface area contributed by atoms with E-state index in [2.05, 4.69) is 4.72 Å². The number of hydrogen-bond acceptors (Lipinski definition) is 5. The van der Waals surface area contributed by atoms with Crippen LogP contribution in [0.15, 0.2) is 47.4 Å². The number of nitrogens with one attached hydrogen (secondary N) is 1. The molecule has 0 fully saturated rings. The maximum Gasteiger partial charge on any atom is 0.261 e. The molecule has 2 aromatic carbocycles. The molecular formula is C17H15ClN2O5S. The molecule has 0 radical (unpaired) electrons. The number of carbonyl (C=O) groups excluding carboxylic acids is 2. The van der Waals surface area contributed by atoms with Gasteiger partial charge in [-0.15, -0.1) is 0 Å². The Morgan fingerprint density at radius 3 is 2.35 bits per heavy atom. The van der Waals surface area contributed by atoms with Crippen molar-refractivity contribution in [2.24, 2.45) is 0 Å². The predicted octanol–water partition coefficient (Wildman–Crippen LogP) is 1.92. The summed E-state index contributed by atoms with van der Waals surface area (Å²) in [6.07, 6.45) is 0. The summed E-state index contributed by atoms with van der Waals surface area (Å²) in [5.41, 5.74) is 0.484. The highest BCUT2D eigenvalue weighted by molar-refractivity contribution is 7.89. The Morgan fingerprint density at radius 1 is 1.04 bits per heavy atom. The molecule has 0 spiro atoms. The SMILES string of the molecule is COc1ccc(S(=O)(=O)NCCN2C(=O)c3ccc(Cl)cc3C2=O)cc1. The van der Waals surface area contributed by atoms with Crippen molar-refractivity contribution in [1.29, 1.82) is 0 Å². The highest BCUT2D eigenvalue weighted by Crippen LogP contribution is 2.25. The summed E-state index contributed by atoms with van der Waals surface area (Å²) in [5, 5.41) is 0.354. The molecular weight excluding hydrogens is 380 g/mol. The fourth-order valence-corrected chi connectivity index (χ4v) is 3.79. The maximum absolute atomic E-state index is 12.3. The van der Waals surface area contributed by atoms with Gasteiger partial charge in [-0.25, -0.2) is 13.1 Å². The summed E-state index contributed by atoms with van der Waals surface area (Å²) in [6.45, 7) is -0.188. The molecule has 0 aromatic heterocycles. The van der Waals surface area contributed by atoms with Gasteiger partial charge >= 0.3 is 0 Å². The summed E-state index contributed by atoms with van der Waals surface area (Å²) >= 11 is 5.86. The van der Waals surface area contributed by atoms with E-state index in [-0.39, 0.29) is 29.1 Å². The Hall–Kier alpha value is -2.42. The van der Waals surface area contributed by atoms with Crippen LogP contribution in [0.3, 0.4) is 0 Å². The van der Waals surface area contributed by atoms with Crippen LogP contribution in [0.25, 0.3) is 0 Å². The molecule has 3 rings (SSSR count). The van der Waals surface area contributed by atoms with Gasteiger partial charge in [-0.05, 0) is 42.5 Å². The van der Waals surface area contributed by atoms with E-state index in [1.807, 2.05) is 0 Å². The van der Waals surface area contributed by atoms with Crippen molar-refractivity contribution in [3.8, 4) is 5.75 Å². The van der Waals surface area contributed by atoms with Gasteiger partial charge in [0.1, 0.15) is 5.75 Å². The minimum Gasteiger partial charge on any atom is -0.497 e. The van der Waals surface area contributed by atoms with Crippen LogP contribution >= 0.6 is 11.6 Å². The number of hydrogen-bond donors (Lipinski definition) is 1. The second kappa shape index (κ2) is 7.06. The Bertz CT molecular complexity index is 973. The van der Waals surface area contributed by atoms with Crippen LogP contribution in [0.5, 0.6) is 5.75 Å². The molecule has 26 heavy (non-hydrogen) atoms. The first-order valence-electron chi connectivity index (χ1n) is 7.63. The third-order valence-corrected chi connectivity index (χ3v) is 5.64. The van der Waals surface area contributed by atoms with Gasteiger partial charge in [0.05, 0.1) is 23.1 Å². The zero-order valence-corrected chi connectivity index (χ0v) is 15.3. The molecule has 0 aliphatic carbocycles. The van der Waals surface area contributed by atoms with Gasteiger partial charge in [0.15, 0.2) is 0 Å². The van der Waals surface area contributed by atoms with E-state index in [1.54, 1.807) is 0 Å². The molecule has 0 saturated heterocycles. The average molecular weight is 395 g/mol. The van der Waals surface area contributed by atoms with Crippen molar-refractivity contribution in [3.63, 3.8) is 0 Å². The second-order valence-electron chi connectivity index (χ2n) is 5.53. The topological polar surface area (TPSA) is 92.8 Å². The van der Waals surface area contributed by atoms with E-state index in [4.69, 9.17) is 16.3 Å². The number of rotatable bonds is 6. The third-order valence-electron chi connectivity index (χ3n) is 3.93. The third kappa shape index (κ3) is 3.44. The molecule has 136 valence electrons. The van der Waals surface area contributed by atoms with E-state index in [1.165, 1.54) is 49.6 Å². The number of carbonyl (C=O) groups is 2. The lowest BCUT2D eigenvalue weighted by molar-refractivity contribution is 0.0657. The fourth-order valence-electron chi connectivity index (χ4n) is 2.60. The number of nitrogens with zero attached hydrogens (tertiary/aromatic N) is 1. The van der Waals surface area contributed by atoms with Crippen molar-refractivity contribution in [2.75, 3.05) is 20.2 Å². The first-order chi connectivity index (χ1) is 12.3. The van der Waals surface area contributed by atoms with Crippen molar-refractivity contribution in [3.05, 3.63) is 58.6 Å². The lowest BCUT2D eigenvalue weighted by Gasteiger charge is -2.14. The van der Waals surface area contributed by atoms with Gasteiger partial charge in [-0.2, -0.15) is 0 Å². The van der Waals surface area contributed by atoms with Crippen LogP contribution in [-0.2, 0) is 10.0 Å². The molecule has 0 saturated carbocycles. The summed E-state index contributed by atoms with van der Waals surface area (Å²) in [4.78, 5) is 25.7. The standard InChI is InChI=1S/C17H15ClN2O5S/c1-25-12-3-5-13(6-4-12)26(23,24)19-8-9-20-16(21)14-7-2-11(18)10-15(14)17(20)22/h2-7,10,19H,8-9H2,1H3. The number of imide groups is 1. The Morgan fingerprint density at radius 2 is 1.69 bits per heavy atom. The predicted molar refractivity (Wildman–Crippen MR) is 95.0 cm³/mol. The van der Waals surface area contributed by atoms with E-state index in [0.717, 1.165) is 4.90 Å². The van der Waals surface area contributed by atoms with Gasteiger partial charge in [0, 0.05) is 18.1 Å². The molecule has 1 heterocycles. The number of benzene rings is 2. The quantitative estimate of drug-likeness (QED) is 0.755. The minimum atomic E-state index is -3.76. The minimum absolute atomic E-state index is 0.0624. The molecule has 9 heteroatoms. The van der Waals surface area contributed by atoms with Crippen LogP contribution < -0.4 is 9.46 Å². The molecule has 0 bridgehead atoms. The van der Waals surface area contributed by atoms with Gasteiger partial charge in [-0.3, -0.25) is 14.5 Å². The van der Waals surface area contributed by atoms with Crippen molar-refractivity contribution < 1.29 is 22.7 Å². The first-order valence-corrected chi connectivity index (χ1v) is 9.49. The molecule has 2 aromatic rings. The number of methoxy groups -OCH3 is 1. The summed E-state index contributed by atoms with van der Waals surface area (Å²) in [6, 6.07) is 10.3. The van der Waals surface area contributed by atoms with Crippen LogP contribution in [0.2, 0.25) is 5.02 Å². The number of sulfonamides is 1. The molecule has 0 unspecified atom stereocenters. The molecule has 1 N–H and O–H groups in total. The van der Waals surface area contributed by atoms with Crippen LogP contribution in [0.4, 0.5) is 0 Å². The van der Waals surface area contributed by atoms with E-state index in [9.17, 15) is 18.0 Å². The van der Waals surface area contributed by atoms with E-state index >= 15 is 0 Å². The second-order valence-corrected chi connectivity index (χ2v) is 7.73. The van der Waals surface area contributed by atoms with Gasteiger partial charge in [-0.1, -0.05) is 11.6 Å². The Labute approximate surface area is 155 Å². The zero-order valence-electron chi connectivity index (χ0n) is 13.7. The molecule has 1 aliphatic heterocycles. The van der Waals surface area contributed by atoms with E-state index in [0.29, 0.717) is 10.8 Å². The Balaban J connectivity index is 1.66. The van der Waals surface area contributed by atoms with Gasteiger partial charge in [0.25, 0.3) is 11.8 Å². The highest BCUT2D eigenvalue weighted by Gasteiger charge is 2.35. The molecule has 0 atom stereocenters. The first kappa shape index (κ1) is 18.4. The highest BCUT2D eigenvalue weighted by atomic mass is 35.5. The van der Waals surface area contributed by atoms with Crippen molar-refractivity contribution in [2.45, 2.75) is 4.90 Å². The van der Waals surface area contributed by atoms with Gasteiger partial charge in [0.2, 0.25) is 10.0 Å². The van der Waals surface area contributed by atoms with E-state index < -0.39 is 21.8 Å². The Kier molecular flexibility index (Phi) is 4.99. The number of ether oxygens (including phenoxy) is 1. The monoisotopic (exact) mass is 394 g/mol. The van der Waals surface area contributed by atoms with Gasteiger partial charge < -0.3 is 4.74 Å². The average Bonchev–Trinajstić information content (AvgIpc) is 2.86. The molecule has 2 amide bonds. The number of fused-ring (bicyclic) bond motifs is 1. The maximum atomic E-state index is 12.3. The number of halogens is 1. The number of amides is 2. The summed E-state index contributed by atoms with van der Waals surface area (Å²) < 4.78 is 31.9. The van der Waals surface area contributed by atoms with Crippen LogP contribution in [0, 0.1) is 0 Å². The lowest BCUT2D eigenvalue weighted by atomic mass is 10.1. The zero-order chi connectivity index (χ0) is 18.9. The van der Waals surface area contributed by atoms with Crippen molar-refractivity contribution >= 4 is 33.4 Å². The lowest BCUT2D eigenvalue weighted by Crippen LogP contribution is -2.38. The van der Waals surface area contributed by atoms with Crippen molar-refractivity contribution in [1.82, 2.24) is 9.62 Å². The smallest absolute Gasteiger partial charge is 0.261 e. The molecule has 1 aliphatic rings. The summed E-state index contributed by atoms with van der Waals surface area (Å²) in [7, 11) is -2.28. The van der Waals surface area contributed by atoms with Crippen LogP contribution in [0.1, 0.15) is 20.7 Å². The largest absolute Gasteiger partial charge is 0.497 e.